The molecule has 2 aromatic carbocycles. The van der Waals surface area contributed by atoms with Gasteiger partial charge in [-0.1, -0.05) is 30.3 Å². The third-order valence-electron chi connectivity index (χ3n) is 2.51. The van der Waals surface area contributed by atoms with Gasteiger partial charge < -0.3 is 4.98 Å². The predicted octanol–water partition coefficient (Wildman–Crippen LogP) is 3.52. The Morgan fingerprint density at radius 1 is 1.00 bits per heavy atom. The number of thiol groups is 1. The van der Waals surface area contributed by atoms with E-state index in [-0.39, 0.29) is 0 Å². The summed E-state index contributed by atoms with van der Waals surface area (Å²) in [5, 5.41) is 0. The van der Waals surface area contributed by atoms with Crippen LogP contribution in [0.2, 0.25) is 0 Å². The molecule has 0 atom stereocenters. The molecule has 0 bridgehead atoms. The van der Waals surface area contributed by atoms with Gasteiger partial charge in [-0.15, -0.1) is 12.6 Å². The van der Waals surface area contributed by atoms with Crippen molar-refractivity contribution in [2.75, 3.05) is 0 Å². The fraction of sp³-hybridized carbons (Fsp3) is 0. The van der Waals surface area contributed by atoms with Crippen molar-refractivity contribution >= 4 is 23.7 Å². The first-order valence-corrected chi connectivity index (χ1v) is 5.52. The highest BCUT2D eigenvalue weighted by Gasteiger charge is 2.04. The van der Waals surface area contributed by atoms with E-state index in [1.54, 1.807) is 0 Å². The number of fused-ring (bicyclic) bond motifs is 1. The van der Waals surface area contributed by atoms with Gasteiger partial charge in [-0.05, 0) is 18.2 Å². The molecule has 3 heteroatoms. The average Bonchev–Trinajstić information content (AvgIpc) is 2.73. The summed E-state index contributed by atoms with van der Waals surface area (Å²) in [5.41, 5.74) is 3.09. The summed E-state index contributed by atoms with van der Waals surface area (Å²) in [7, 11) is 0. The van der Waals surface area contributed by atoms with E-state index < -0.39 is 0 Å². The molecular weight excluding hydrogens is 216 g/mol. The second-order valence-corrected chi connectivity index (χ2v) is 4.17. The number of H-pyrrole nitrogens is 1. The largest absolute Gasteiger partial charge is 0.338 e. The van der Waals surface area contributed by atoms with Crippen LogP contribution in [0.3, 0.4) is 0 Å². The van der Waals surface area contributed by atoms with Gasteiger partial charge in [0.2, 0.25) is 0 Å². The predicted molar refractivity (Wildman–Crippen MR) is 68.8 cm³/mol. The molecule has 16 heavy (non-hydrogen) atoms. The summed E-state index contributed by atoms with van der Waals surface area (Å²) in [6.45, 7) is 0. The van der Waals surface area contributed by atoms with Crippen molar-refractivity contribution < 1.29 is 0 Å². The topological polar surface area (TPSA) is 28.7 Å². The maximum atomic E-state index is 4.53. The molecule has 1 N–H and O–H groups in total. The zero-order valence-corrected chi connectivity index (χ0v) is 9.41. The highest BCUT2D eigenvalue weighted by Crippen LogP contribution is 2.21. The number of aromatic nitrogens is 2. The van der Waals surface area contributed by atoms with Crippen molar-refractivity contribution in [3.8, 4) is 11.4 Å². The summed E-state index contributed by atoms with van der Waals surface area (Å²) < 4.78 is 0. The fourth-order valence-corrected chi connectivity index (χ4v) is 1.93. The van der Waals surface area contributed by atoms with Gasteiger partial charge in [0.15, 0.2) is 0 Å². The number of nitrogens with zero attached hydrogens (tertiary/aromatic N) is 1. The summed E-state index contributed by atoms with van der Waals surface area (Å²) in [4.78, 5) is 8.77. The van der Waals surface area contributed by atoms with Crippen molar-refractivity contribution in [1.82, 2.24) is 9.97 Å². The van der Waals surface area contributed by atoms with Crippen LogP contribution in [0, 0.1) is 0 Å². The molecule has 0 aliphatic rings. The molecule has 3 rings (SSSR count). The van der Waals surface area contributed by atoms with Crippen LogP contribution in [-0.4, -0.2) is 9.97 Å². The van der Waals surface area contributed by atoms with Gasteiger partial charge in [-0.25, -0.2) is 4.98 Å². The Morgan fingerprint density at radius 3 is 2.62 bits per heavy atom. The normalized spacial score (nSPS) is 10.8. The first-order chi connectivity index (χ1) is 7.83. The van der Waals surface area contributed by atoms with Gasteiger partial charge in [-0.3, -0.25) is 0 Å². The van der Waals surface area contributed by atoms with E-state index in [9.17, 15) is 0 Å². The lowest BCUT2D eigenvalue weighted by atomic mass is 10.2. The van der Waals surface area contributed by atoms with Gasteiger partial charge in [0.25, 0.3) is 0 Å². The van der Waals surface area contributed by atoms with Crippen LogP contribution in [0.15, 0.2) is 53.4 Å². The Morgan fingerprint density at radius 2 is 1.81 bits per heavy atom. The SMILES string of the molecule is Sc1ccc2nc(-c3ccccc3)[nH]c2c1. The van der Waals surface area contributed by atoms with Crippen LogP contribution < -0.4 is 0 Å². The number of benzene rings is 2. The molecule has 0 saturated heterocycles. The van der Waals surface area contributed by atoms with E-state index in [4.69, 9.17) is 0 Å². The van der Waals surface area contributed by atoms with Crippen LogP contribution in [0.4, 0.5) is 0 Å². The molecule has 0 fully saturated rings. The number of imidazole rings is 1. The molecular formula is C13H10N2S. The number of rotatable bonds is 1. The Hall–Kier alpha value is -1.74. The summed E-state index contributed by atoms with van der Waals surface area (Å²) in [6, 6.07) is 16.0. The van der Waals surface area contributed by atoms with Crippen molar-refractivity contribution in [2.24, 2.45) is 0 Å². The van der Waals surface area contributed by atoms with Gasteiger partial charge >= 0.3 is 0 Å². The minimum Gasteiger partial charge on any atom is -0.338 e. The third-order valence-corrected chi connectivity index (χ3v) is 2.79. The summed E-state index contributed by atoms with van der Waals surface area (Å²) in [5.74, 6) is 0.898. The van der Waals surface area contributed by atoms with Crippen LogP contribution in [0.1, 0.15) is 0 Å². The lowest BCUT2D eigenvalue weighted by Crippen LogP contribution is -1.77. The van der Waals surface area contributed by atoms with E-state index in [1.165, 1.54) is 0 Å². The lowest BCUT2D eigenvalue weighted by molar-refractivity contribution is 1.34. The molecule has 0 saturated carbocycles. The molecule has 0 amide bonds. The Kier molecular flexibility index (Phi) is 2.18. The lowest BCUT2D eigenvalue weighted by Gasteiger charge is -1.93. The number of hydrogen-bond donors (Lipinski definition) is 2. The van der Waals surface area contributed by atoms with Gasteiger partial charge in [0.05, 0.1) is 11.0 Å². The maximum Gasteiger partial charge on any atom is 0.138 e. The second kappa shape index (κ2) is 3.68. The molecule has 3 aromatic rings. The van der Waals surface area contributed by atoms with Gasteiger partial charge in [-0.2, -0.15) is 0 Å². The smallest absolute Gasteiger partial charge is 0.138 e. The van der Waals surface area contributed by atoms with E-state index in [0.29, 0.717) is 0 Å². The minimum absolute atomic E-state index is 0.898. The van der Waals surface area contributed by atoms with Crippen molar-refractivity contribution in [3.05, 3.63) is 48.5 Å². The van der Waals surface area contributed by atoms with Crippen LogP contribution in [-0.2, 0) is 0 Å². The Bertz CT molecular complexity index is 629. The van der Waals surface area contributed by atoms with Gasteiger partial charge in [0, 0.05) is 10.5 Å². The molecule has 0 spiro atoms. The Labute approximate surface area is 98.8 Å². The highest BCUT2D eigenvalue weighted by molar-refractivity contribution is 7.80. The molecule has 0 aliphatic carbocycles. The second-order valence-electron chi connectivity index (χ2n) is 3.65. The van der Waals surface area contributed by atoms with Crippen LogP contribution in [0.5, 0.6) is 0 Å². The molecule has 0 radical (unpaired) electrons. The molecule has 0 aliphatic heterocycles. The highest BCUT2D eigenvalue weighted by atomic mass is 32.1. The standard InChI is InChI=1S/C13H10N2S/c16-10-6-7-11-12(8-10)15-13(14-11)9-4-2-1-3-5-9/h1-8,16H,(H,14,15). The molecule has 78 valence electrons. The number of nitrogens with one attached hydrogen (secondary N) is 1. The van der Waals surface area contributed by atoms with E-state index >= 15 is 0 Å². The molecule has 1 heterocycles. The van der Waals surface area contributed by atoms with Crippen molar-refractivity contribution in [1.29, 1.82) is 0 Å². The van der Waals surface area contributed by atoms with E-state index in [1.807, 2.05) is 48.5 Å². The minimum atomic E-state index is 0.898. The summed E-state index contributed by atoms with van der Waals surface area (Å²) in [6.07, 6.45) is 0. The first-order valence-electron chi connectivity index (χ1n) is 5.07. The number of aromatic amines is 1. The van der Waals surface area contributed by atoms with E-state index in [2.05, 4.69) is 22.6 Å². The van der Waals surface area contributed by atoms with E-state index in [0.717, 1.165) is 27.3 Å². The zero-order chi connectivity index (χ0) is 11.0. The first kappa shape index (κ1) is 9.48. The fourth-order valence-electron chi connectivity index (χ4n) is 1.73. The van der Waals surface area contributed by atoms with Crippen molar-refractivity contribution in [2.45, 2.75) is 4.90 Å². The average molecular weight is 226 g/mol. The van der Waals surface area contributed by atoms with Crippen LogP contribution in [0.25, 0.3) is 22.4 Å². The number of hydrogen-bond acceptors (Lipinski definition) is 2. The quantitative estimate of drug-likeness (QED) is 0.611. The van der Waals surface area contributed by atoms with Gasteiger partial charge in [0.1, 0.15) is 5.82 Å². The van der Waals surface area contributed by atoms with Crippen molar-refractivity contribution in [3.63, 3.8) is 0 Å². The Balaban J connectivity index is 2.19. The molecule has 0 unspecified atom stereocenters. The summed E-state index contributed by atoms with van der Waals surface area (Å²) >= 11 is 4.31. The zero-order valence-electron chi connectivity index (χ0n) is 8.51. The maximum absolute atomic E-state index is 4.53. The monoisotopic (exact) mass is 226 g/mol. The third kappa shape index (κ3) is 1.59. The van der Waals surface area contributed by atoms with Crippen LogP contribution >= 0.6 is 12.6 Å². The molecule has 2 nitrogen and oxygen atoms in total. The molecule has 1 aromatic heterocycles.